The summed E-state index contributed by atoms with van der Waals surface area (Å²) in [6.07, 6.45) is 1.03. The molecule has 0 radical (unpaired) electrons. The molecule has 29 heavy (non-hydrogen) atoms. The summed E-state index contributed by atoms with van der Waals surface area (Å²) < 4.78 is 0. The van der Waals surface area contributed by atoms with Gasteiger partial charge in [-0.1, -0.05) is 66.0 Å². The molecular weight excluding hydrogens is 407 g/mol. The van der Waals surface area contributed by atoms with Crippen LogP contribution in [0.1, 0.15) is 43.9 Å². The van der Waals surface area contributed by atoms with E-state index in [9.17, 15) is 9.59 Å². The molecule has 2 rings (SSSR count). The van der Waals surface area contributed by atoms with Gasteiger partial charge in [-0.25, -0.2) is 0 Å². The third-order valence-corrected chi connectivity index (χ3v) is 5.59. The molecule has 0 heterocycles. The molecule has 0 aliphatic rings. The molecule has 0 unspecified atom stereocenters. The van der Waals surface area contributed by atoms with Crippen LogP contribution in [-0.2, 0) is 22.6 Å². The summed E-state index contributed by atoms with van der Waals surface area (Å²) in [6.45, 7) is 7.93. The summed E-state index contributed by atoms with van der Waals surface area (Å²) in [6, 6.07) is 12.4. The standard InChI is InChI=1S/C23H28Cl2N2O2/c1-5-16(3)26-23(29)17(4)27(14-19-10-11-20(24)13-21(19)25)22(28)12-18-8-6-15(2)7-9-18/h6-11,13,16-17H,5,12,14H2,1-4H3,(H,26,29)/t16-,17-/m0/s1. The van der Waals surface area contributed by atoms with Crippen molar-refractivity contribution in [3.8, 4) is 0 Å². The highest BCUT2D eigenvalue weighted by atomic mass is 35.5. The van der Waals surface area contributed by atoms with E-state index in [0.29, 0.717) is 10.0 Å². The molecule has 156 valence electrons. The number of benzene rings is 2. The number of nitrogens with one attached hydrogen (secondary N) is 1. The van der Waals surface area contributed by atoms with Gasteiger partial charge in [-0.3, -0.25) is 9.59 Å². The average molecular weight is 435 g/mol. The van der Waals surface area contributed by atoms with Crippen molar-refractivity contribution in [2.75, 3.05) is 0 Å². The lowest BCUT2D eigenvalue weighted by atomic mass is 10.1. The maximum atomic E-state index is 13.2. The Morgan fingerprint density at radius 1 is 1.07 bits per heavy atom. The predicted octanol–water partition coefficient (Wildman–Crippen LogP) is 5.18. The average Bonchev–Trinajstić information content (AvgIpc) is 2.68. The van der Waals surface area contributed by atoms with Gasteiger partial charge in [0, 0.05) is 22.6 Å². The summed E-state index contributed by atoms with van der Waals surface area (Å²) in [4.78, 5) is 27.5. The summed E-state index contributed by atoms with van der Waals surface area (Å²) >= 11 is 12.3. The van der Waals surface area contributed by atoms with E-state index in [1.165, 1.54) is 0 Å². The Labute approximate surface area is 183 Å². The zero-order chi connectivity index (χ0) is 21.6. The Morgan fingerprint density at radius 3 is 2.31 bits per heavy atom. The van der Waals surface area contributed by atoms with Crippen LogP contribution in [0.25, 0.3) is 0 Å². The Hall–Kier alpha value is -2.04. The van der Waals surface area contributed by atoms with E-state index in [1.807, 2.05) is 45.0 Å². The molecule has 0 aromatic heterocycles. The Kier molecular flexibility index (Phi) is 8.54. The van der Waals surface area contributed by atoms with Crippen molar-refractivity contribution in [1.82, 2.24) is 10.2 Å². The Balaban J connectivity index is 2.26. The van der Waals surface area contributed by atoms with Crippen LogP contribution in [0.3, 0.4) is 0 Å². The van der Waals surface area contributed by atoms with E-state index in [1.54, 1.807) is 30.0 Å². The molecule has 6 heteroatoms. The van der Waals surface area contributed by atoms with Crippen LogP contribution >= 0.6 is 23.2 Å². The quantitative estimate of drug-likeness (QED) is 0.622. The molecule has 4 nitrogen and oxygen atoms in total. The summed E-state index contributed by atoms with van der Waals surface area (Å²) in [5.41, 5.74) is 2.78. The number of aryl methyl sites for hydroxylation is 1. The molecular formula is C23H28Cl2N2O2. The maximum absolute atomic E-state index is 13.2. The topological polar surface area (TPSA) is 49.4 Å². The lowest BCUT2D eigenvalue weighted by molar-refractivity contribution is -0.140. The summed E-state index contributed by atoms with van der Waals surface area (Å²) in [5.74, 6) is -0.312. The number of carbonyl (C=O) groups is 2. The molecule has 1 N–H and O–H groups in total. The molecule has 0 saturated heterocycles. The zero-order valence-electron chi connectivity index (χ0n) is 17.3. The minimum absolute atomic E-state index is 0.0399. The Bertz CT molecular complexity index is 852. The number of hydrogen-bond acceptors (Lipinski definition) is 2. The minimum atomic E-state index is -0.631. The maximum Gasteiger partial charge on any atom is 0.242 e. The van der Waals surface area contributed by atoms with Gasteiger partial charge in [0.1, 0.15) is 6.04 Å². The number of amides is 2. The number of rotatable bonds is 8. The van der Waals surface area contributed by atoms with Gasteiger partial charge < -0.3 is 10.2 Å². The summed E-state index contributed by atoms with van der Waals surface area (Å²) in [5, 5.41) is 3.96. The normalized spacial score (nSPS) is 12.9. The first-order chi connectivity index (χ1) is 13.7. The molecule has 0 aliphatic heterocycles. The van der Waals surface area contributed by atoms with Crippen molar-refractivity contribution < 1.29 is 9.59 Å². The molecule has 2 atom stereocenters. The predicted molar refractivity (Wildman–Crippen MR) is 119 cm³/mol. The molecule has 0 aliphatic carbocycles. The molecule has 0 fully saturated rings. The third-order valence-electron chi connectivity index (χ3n) is 5.00. The molecule has 0 spiro atoms. The summed E-state index contributed by atoms with van der Waals surface area (Å²) in [7, 11) is 0. The second-order valence-corrected chi connectivity index (χ2v) is 8.26. The van der Waals surface area contributed by atoms with Crippen molar-refractivity contribution in [2.45, 2.75) is 59.2 Å². The molecule has 2 amide bonds. The van der Waals surface area contributed by atoms with Crippen LogP contribution in [0, 0.1) is 6.92 Å². The van der Waals surface area contributed by atoms with Gasteiger partial charge in [0.25, 0.3) is 0 Å². The SMILES string of the molecule is CC[C@H](C)NC(=O)[C@H](C)N(Cc1ccc(Cl)cc1Cl)C(=O)Cc1ccc(C)cc1. The van der Waals surface area contributed by atoms with Gasteiger partial charge in [-0.2, -0.15) is 0 Å². The minimum Gasteiger partial charge on any atom is -0.352 e. The number of halogens is 2. The lowest BCUT2D eigenvalue weighted by Crippen LogP contribution is -2.49. The van der Waals surface area contributed by atoms with E-state index in [-0.39, 0.29) is 30.8 Å². The smallest absolute Gasteiger partial charge is 0.242 e. The van der Waals surface area contributed by atoms with E-state index in [0.717, 1.165) is 23.1 Å². The van der Waals surface area contributed by atoms with Gasteiger partial charge in [-0.05, 0) is 50.5 Å². The largest absolute Gasteiger partial charge is 0.352 e. The van der Waals surface area contributed by atoms with E-state index < -0.39 is 6.04 Å². The first-order valence-electron chi connectivity index (χ1n) is 9.80. The van der Waals surface area contributed by atoms with Crippen molar-refractivity contribution >= 4 is 35.0 Å². The van der Waals surface area contributed by atoms with Crippen molar-refractivity contribution in [2.24, 2.45) is 0 Å². The monoisotopic (exact) mass is 434 g/mol. The molecule has 2 aromatic carbocycles. The zero-order valence-corrected chi connectivity index (χ0v) is 18.8. The first kappa shape index (κ1) is 23.2. The Morgan fingerprint density at radius 2 is 1.72 bits per heavy atom. The van der Waals surface area contributed by atoms with Gasteiger partial charge >= 0.3 is 0 Å². The van der Waals surface area contributed by atoms with Gasteiger partial charge in [0.15, 0.2) is 0 Å². The third kappa shape index (κ3) is 6.76. The van der Waals surface area contributed by atoms with Crippen molar-refractivity contribution in [3.05, 3.63) is 69.2 Å². The van der Waals surface area contributed by atoms with Gasteiger partial charge in [0.05, 0.1) is 6.42 Å². The van der Waals surface area contributed by atoms with Crippen LogP contribution < -0.4 is 5.32 Å². The molecule has 0 saturated carbocycles. The fourth-order valence-electron chi connectivity index (χ4n) is 2.86. The number of nitrogens with zero attached hydrogens (tertiary/aromatic N) is 1. The van der Waals surface area contributed by atoms with Crippen molar-refractivity contribution in [3.63, 3.8) is 0 Å². The van der Waals surface area contributed by atoms with Crippen molar-refractivity contribution in [1.29, 1.82) is 0 Å². The fraction of sp³-hybridized carbons (Fsp3) is 0.391. The molecule has 2 aromatic rings. The van der Waals surface area contributed by atoms with Gasteiger partial charge in [-0.15, -0.1) is 0 Å². The molecule has 0 bridgehead atoms. The highest BCUT2D eigenvalue weighted by Gasteiger charge is 2.27. The number of carbonyl (C=O) groups excluding carboxylic acids is 2. The lowest BCUT2D eigenvalue weighted by Gasteiger charge is -2.30. The van der Waals surface area contributed by atoms with Crippen LogP contribution in [-0.4, -0.2) is 28.8 Å². The second kappa shape index (κ2) is 10.7. The van der Waals surface area contributed by atoms with Crippen LogP contribution in [0.5, 0.6) is 0 Å². The van der Waals surface area contributed by atoms with E-state index in [4.69, 9.17) is 23.2 Å². The fourth-order valence-corrected chi connectivity index (χ4v) is 3.33. The highest BCUT2D eigenvalue weighted by molar-refractivity contribution is 6.35. The number of hydrogen-bond donors (Lipinski definition) is 1. The van der Waals surface area contributed by atoms with E-state index in [2.05, 4.69) is 5.32 Å². The first-order valence-corrected chi connectivity index (χ1v) is 10.6. The highest BCUT2D eigenvalue weighted by Crippen LogP contribution is 2.23. The van der Waals surface area contributed by atoms with E-state index >= 15 is 0 Å². The van der Waals surface area contributed by atoms with Crippen LogP contribution in [0.4, 0.5) is 0 Å². The van der Waals surface area contributed by atoms with Crippen LogP contribution in [0.15, 0.2) is 42.5 Å². The van der Waals surface area contributed by atoms with Gasteiger partial charge in [0.2, 0.25) is 11.8 Å². The van der Waals surface area contributed by atoms with Crippen LogP contribution in [0.2, 0.25) is 10.0 Å². The second-order valence-electron chi connectivity index (χ2n) is 7.41.